The number of carboxylic acid groups (broad SMARTS) is 1. The number of carbonyl (C=O) groups is 2. The van der Waals surface area contributed by atoms with Gasteiger partial charge in [0.2, 0.25) is 5.91 Å². The van der Waals surface area contributed by atoms with E-state index in [2.05, 4.69) is 17.0 Å². The number of likely N-dealkylation sites (tertiary alicyclic amines) is 1. The number of anilines is 1. The minimum absolute atomic E-state index is 0.0609. The number of hydrogen-bond acceptors (Lipinski definition) is 3. The Balaban J connectivity index is 1.46. The van der Waals surface area contributed by atoms with E-state index in [4.69, 9.17) is 0 Å². The van der Waals surface area contributed by atoms with Crippen molar-refractivity contribution in [2.45, 2.75) is 12.3 Å². The Morgan fingerprint density at radius 3 is 2.22 bits per heavy atom. The van der Waals surface area contributed by atoms with Crippen molar-refractivity contribution in [3.8, 4) is 0 Å². The molecule has 2 aliphatic rings. The quantitative estimate of drug-likeness (QED) is 0.906. The average Bonchev–Trinajstić information content (AvgIpc) is 3.37. The van der Waals surface area contributed by atoms with Crippen molar-refractivity contribution < 1.29 is 14.7 Å². The van der Waals surface area contributed by atoms with Crippen molar-refractivity contribution in [1.82, 2.24) is 4.90 Å². The van der Waals surface area contributed by atoms with Gasteiger partial charge in [-0.05, 0) is 24.1 Å². The summed E-state index contributed by atoms with van der Waals surface area (Å²) in [4.78, 5) is 28.9. The average molecular weight is 364 g/mol. The van der Waals surface area contributed by atoms with Crippen LogP contribution in [0.25, 0.3) is 0 Å². The van der Waals surface area contributed by atoms with Crippen molar-refractivity contribution in [3.63, 3.8) is 0 Å². The largest absolute Gasteiger partial charge is 0.481 e. The summed E-state index contributed by atoms with van der Waals surface area (Å²) in [6, 6.07) is 19.8. The normalized spacial score (nSPS) is 25.0. The van der Waals surface area contributed by atoms with Gasteiger partial charge in [-0.15, -0.1) is 0 Å². The highest BCUT2D eigenvalue weighted by molar-refractivity contribution is 5.82. The van der Waals surface area contributed by atoms with Gasteiger partial charge in [0.1, 0.15) is 0 Å². The Morgan fingerprint density at radius 1 is 0.889 bits per heavy atom. The van der Waals surface area contributed by atoms with Gasteiger partial charge in [-0.1, -0.05) is 48.5 Å². The first-order chi connectivity index (χ1) is 13.1. The number of nitrogens with zero attached hydrogens (tertiary/aromatic N) is 2. The molecule has 2 aliphatic heterocycles. The summed E-state index contributed by atoms with van der Waals surface area (Å²) >= 11 is 0. The topological polar surface area (TPSA) is 60.9 Å². The number of para-hydroxylation sites is 1. The monoisotopic (exact) mass is 364 g/mol. The zero-order valence-electron chi connectivity index (χ0n) is 15.2. The van der Waals surface area contributed by atoms with E-state index in [9.17, 15) is 14.7 Å². The van der Waals surface area contributed by atoms with Crippen molar-refractivity contribution >= 4 is 17.6 Å². The summed E-state index contributed by atoms with van der Waals surface area (Å²) in [6.45, 7) is 2.35. The van der Waals surface area contributed by atoms with Gasteiger partial charge in [0.25, 0.3) is 0 Å². The molecule has 2 aromatic rings. The predicted molar refractivity (Wildman–Crippen MR) is 104 cm³/mol. The third-order valence-electron chi connectivity index (χ3n) is 5.84. The van der Waals surface area contributed by atoms with E-state index in [0.29, 0.717) is 19.6 Å². The molecular formula is C22H24N2O3. The molecule has 2 heterocycles. The molecule has 0 bridgehead atoms. The number of aliphatic carboxylic acids is 1. The van der Waals surface area contributed by atoms with Crippen LogP contribution < -0.4 is 4.90 Å². The van der Waals surface area contributed by atoms with Gasteiger partial charge in [-0.25, -0.2) is 0 Å². The summed E-state index contributed by atoms with van der Waals surface area (Å²) in [7, 11) is 0. The van der Waals surface area contributed by atoms with Crippen LogP contribution in [-0.2, 0) is 9.59 Å². The van der Waals surface area contributed by atoms with E-state index in [1.807, 2.05) is 48.5 Å². The van der Waals surface area contributed by atoms with Gasteiger partial charge in [0.05, 0.1) is 11.8 Å². The van der Waals surface area contributed by atoms with Crippen molar-refractivity contribution in [1.29, 1.82) is 0 Å². The Hall–Kier alpha value is -2.82. The lowest BCUT2D eigenvalue weighted by atomic mass is 9.89. The standard InChI is InChI=1S/C22H24N2O3/c25-21(17-11-12-23(13-17)18-9-5-2-6-10-18)24-14-19(20(15-24)22(26)27)16-7-3-1-4-8-16/h1-10,17,19-20H,11-15H2,(H,26,27)/t17?,19-,20-/m1/s1. The third-order valence-corrected chi connectivity index (χ3v) is 5.84. The van der Waals surface area contributed by atoms with Gasteiger partial charge < -0.3 is 14.9 Å². The zero-order valence-corrected chi connectivity index (χ0v) is 15.2. The smallest absolute Gasteiger partial charge is 0.308 e. The molecule has 0 aliphatic carbocycles. The molecule has 1 unspecified atom stereocenters. The maximum Gasteiger partial charge on any atom is 0.308 e. The van der Waals surface area contributed by atoms with Crippen LogP contribution in [0.3, 0.4) is 0 Å². The summed E-state index contributed by atoms with van der Waals surface area (Å²) in [5.41, 5.74) is 2.14. The molecule has 5 nitrogen and oxygen atoms in total. The molecule has 140 valence electrons. The van der Waals surface area contributed by atoms with E-state index >= 15 is 0 Å². The molecule has 5 heteroatoms. The van der Waals surface area contributed by atoms with E-state index in [-0.39, 0.29) is 17.7 Å². The lowest BCUT2D eigenvalue weighted by Crippen LogP contribution is -2.36. The Bertz CT molecular complexity index is 809. The van der Waals surface area contributed by atoms with Crippen LogP contribution in [0.15, 0.2) is 60.7 Å². The summed E-state index contributed by atoms with van der Waals surface area (Å²) in [5, 5.41) is 9.65. The summed E-state index contributed by atoms with van der Waals surface area (Å²) < 4.78 is 0. The van der Waals surface area contributed by atoms with Gasteiger partial charge in [-0.2, -0.15) is 0 Å². The zero-order chi connectivity index (χ0) is 18.8. The van der Waals surface area contributed by atoms with E-state index in [0.717, 1.165) is 24.2 Å². The fourth-order valence-electron chi connectivity index (χ4n) is 4.37. The molecule has 27 heavy (non-hydrogen) atoms. The molecule has 2 aromatic carbocycles. The molecular weight excluding hydrogens is 340 g/mol. The van der Waals surface area contributed by atoms with Crippen molar-refractivity contribution in [2.24, 2.45) is 11.8 Å². The molecule has 0 aromatic heterocycles. The lowest BCUT2D eigenvalue weighted by molar-refractivity contribution is -0.142. The molecule has 2 saturated heterocycles. The highest BCUT2D eigenvalue weighted by Gasteiger charge is 2.42. The molecule has 3 atom stereocenters. The molecule has 1 amide bonds. The van der Waals surface area contributed by atoms with E-state index in [1.54, 1.807) is 4.90 Å². The highest BCUT2D eigenvalue weighted by Crippen LogP contribution is 2.35. The highest BCUT2D eigenvalue weighted by atomic mass is 16.4. The van der Waals surface area contributed by atoms with Crippen molar-refractivity contribution in [2.75, 3.05) is 31.1 Å². The molecule has 0 spiro atoms. The second kappa shape index (κ2) is 7.43. The molecule has 1 N–H and O–H groups in total. The fraction of sp³-hybridized carbons (Fsp3) is 0.364. The predicted octanol–water partition coefficient (Wildman–Crippen LogP) is 2.84. The number of carboxylic acids is 1. The SMILES string of the molecule is O=C(O)[C@@H]1CN(C(=O)C2CCN(c3ccccc3)C2)C[C@@H]1c1ccccc1. The maximum atomic E-state index is 13.1. The Morgan fingerprint density at radius 2 is 1.56 bits per heavy atom. The van der Waals surface area contributed by atoms with E-state index in [1.165, 1.54) is 0 Å². The van der Waals surface area contributed by atoms with Crippen LogP contribution >= 0.6 is 0 Å². The second-order valence-electron chi connectivity index (χ2n) is 7.47. The maximum absolute atomic E-state index is 13.1. The number of amides is 1. The van der Waals surface area contributed by atoms with Crippen molar-refractivity contribution in [3.05, 3.63) is 66.2 Å². The van der Waals surface area contributed by atoms with Crippen LogP contribution in [0, 0.1) is 11.8 Å². The fourth-order valence-corrected chi connectivity index (χ4v) is 4.37. The minimum atomic E-state index is -0.823. The Kier molecular flexibility index (Phi) is 4.84. The molecule has 0 saturated carbocycles. The lowest BCUT2D eigenvalue weighted by Gasteiger charge is -2.22. The van der Waals surface area contributed by atoms with Gasteiger partial charge >= 0.3 is 5.97 Å². The van der Waals surface area contributed by atoms with Crippen LogP contribution in [0.4, 0.5) is 5.69 Å². The second-order valence-corrected chi connectivity index (χ2v) is 7.47. The molecule has 4 rings (SSSR count). The summed E-state index contributed by atoms with van der Waals surface area (Å²) in [5.74, 6) is -1.47. The molecule has 0 radical (unpaired) electrons. The number of rotatable bonds is 4. The van der Waals surface area contributed by atoms with Crippen LogP contribution in [0.1, 0.15) is 17.9 Å². The first kappa shape index (κ1) is 17.6. The minimum Gasteiger partial charge on any atom is -0.481 e. The van der Waals surface area contributed by atoms with Crippen LogP contribution in [0.5, 0.6) is 0 Å². The van der Waals surface area contributed by atoms with Gasteiger partial charge in [0, 0.05) is 37.8 Å². The van der Waals surface area contributed by atoms with Gasteiger partial charge in [-0.3, -0.25) is 9.59 Å². The number of benzene rings is 2. The summed E-state index contributed by atoms with van der Waals surface area (Å²) in [6.07, 6.45) is 0.817. The Labute approximate surface area is 159 Å². The number of hydrogen-bond donors (Lipinski definition) is 1. The first-order valence-corrected chi connectivity index (χ1v) is 9.50. The van der Waals surface area contributed by atoms with E-state index < -0.39 is 11.9 Å². The first-order valence-electron chi connectivity index (χ1n) is 9.50. The molecule has 2 fully saturated rings. The van der Waals surface area contributed by atoms with Crippen LogP contribution in [-0.4, -0.2) is 48.1 Å². The van der Waals surface area contributed by atoms with Gasteiger partial charge in [0.15, 0.2) is 0 Å². The van der Waals surface area contributed by atoms with Crippen LogP contribution in [0.2, 0.25) is 0 Å². The number of carbonyl (C=O) groups excluding carboxylic acids is 1. The third kappa shape index (κ3) is 3.54.